The molecule has 0 heterocycles. The van der Waals surface area contributed by atoms with Gasteiger partial charge in [0.2, 0.25) is 0 Å². The van der Waals surface area contributed by atoms with Crippen LogP contribution >= 0.6 is 31.9 Å². The summed E-state index contributed by atoms with van der Waals surface area (Å²) in [7, 11) is 0. The standard InChI is InChI=1S/C6H6Br2N2/c1-5(2-3-9)6(7,8)4-10/h5H,2H2,1H3/t5-/m0/s1. The van der Waals surface area contributed by atoms with Crippen LogP contribution in [0, 0.1) is 28.6 Å². The van der Waals surface area contributed by atoms with Crippen molar-refractivity contribution in [2.24, 2.45) is 5.92 Å². The van der Waals surface area contributed by atoms with E-state index < -0.39 is 3.23 Å². The molecular formula is C6H6Br2N2. The lowest BCUT2D eigenvalue weighted by molar-refractivity contribution is 0.613. The second-order valence-electron chi connectivity index (χ2n) is 2.00. The van der Waals surface area contributed by atoms with Crippen LogP contribution in [0.1, 0.15) is 13.3 Å². The molecular weight excluding hydrogens is 260 g/mol. The van der Waals surface area contributed by atoms with Crippen molar-refractivity contribution < 1.29 is 0 Å². The fourth-order valence-corrected chi connectivity index (χ4v) is 0.699. The van der Waals surface area contributed by atoms with Gasteiger partial charge in [0.15, 0.2) is 3.23 Å². The van der Waals surface area contributed by atoms with Crippen molar-refractivity contribution in [1.29, 1.82) is 10.5 Å². The predicted molar refractivity (Wildman–Crippen MR) is 45.6 cm³/mol. The molecule has 0 unspecified atom stereocenters. The number of hydrogen-bond acceptors (Lipinski definition) is 2. The summed E-state index contributed by atoms with van der Waals surface area (Å²) in [6, 6.07) is 4.00. The number of nitriles is 2. The molecule has 0 aromatic rings. The highest BCUT2D eigenvalue weighted by Crippen LogP contribution is 2.35. The first-order valence-corrected chi connectivity index (χ1v) is 4.29. The van der Waals surface area contributed by atoms with E-state index in [4.69, 9.17) is 10.5 Å². The second-order valence-corrected chi connectivity index (χ2v) is 5.56. The first-order valence-electron chi connectivity index (χ1n) is 2.70. The summed E-state index contributed by atoms with van der Waals surface area (Å²) < 4.78 is -0.740. The Bertz CT molecular complexity index is 187. The van der Waals surface area contributed by atoms with E-state index in [0.717, 1.165) is 0 Å². The zero-order valence-corrected chi connectivity index (χ0v) is 8.61. The van der Waals surface area contributed by atoms with Gasteiger partial charge in [0, 0.05) is 12.3 Å². The van der Waals surface area contributed by atoms with E-state index in [2.05, 4.69) is 31.9 Å². The van der Waals surface area contributed by atoms with Crippen molar-refractivity contribution in [3.05, 3.63) is 0 Å². The molecule has 2 nitrogen and oxygen atoms in total. The molecule has 0 radical (unpaired) electrons. The highest BCUT2D eigenvalue weighted by Gasteiger charge is 2.29. The molecule has 10 heavy (non-hydrogen) atoms. The minimum atomic E-state index is -0.740. The van der Waals surface area contributed by atoms with E-state index >= 15 is 0 Å². The third-order valence-electron chi connectivity index (χ3n) is 1.17. The van der Waals surface area contributed by atoms with Crippen LogP contribution in [0.2, 0.25) is 0 Å². The van der Waals surface area contributed by atoms with Crippen molar-refractivity contribution in [2.75, 3.05) is 0 Å². The van der Waals surface area contributed by atoms with Gasteiger partial charge in [0.1, 0.15) is 0 Å². The Hall–Kier alpha value is -0.0600. The van der Waals surface area contributed by atoms with Crippen molar-refractivity contribution in [2.45, 2.75) is 16.6 Å². The molecule has 0 amide bonds. The minimum Gasteiger partial charge on any atom is -0.198 e. The SMILES string of the molecule is C[C@@H](CC#N)C(Br)(Br)C#N. The summed E-state index contributed by atoms with van der Waals surface area (Å²) in [4.78, 5) is 0. The van der Waals surface area contributed by atoms with E-state index in [9.17, 15) is 0 Å². The molecule has 0 saturated carbocycles. The highest BCUT2D eigenvalue weighted by molar-refractivity contribution is 9.25. The lowest BCUT2D eigenvalue weighted by atomic mass is 10.1. The molecule has 0 rings (SSSR count). The van der Waals surface area contributed by atoms with Crippen molar-refractivity contribution in [3.63, 3.8) is 0 Å². The summed E-state index contributed by atoms with van der Waals surface area (Å²) in [5, 5.41) is 16.8. The topological polar surface area (TPSA) is 47.6 Å². The summed E-state index contributed by atoms with van der Waals surface area (Å²) in [5.41, 5.74) is 0. The molecule has 0 aromatic carbocycles. The van der Waals surface area contributed by atoms with Gasteiger partial charge in [-0.2, -0.15) is 10.5 Å². The summed E-state index contributed by atoms with van der Waals surface area (Å²) in [5.74, 6) is -0.0116. The Morgan fingerprint density at radius 3 is 2.30 bits per heavy atom. The Morgan fingerprint density at radius 2 is 2.00 bits per heavy atom. The number of rotatable bonds is 2. The van der Waals surface area contributed by atoms with Crippen molar-refractivity contribution >= 4 is 31.9 Å². The number of alkyl halides is 2. The Balaban J connectivity index is 4.10. The van der Waals surface area contributed by atoms with Gasteiger partial charge in [-0.25, -0.2) is 0 Å². The van der Waals surface area contributed by atoms with E-state index in [0.29, 0.717) is 6.42 Å². The van der Waals surface area contributed by atoms with Crippen molar-refractivity contribution in [1.82, 2.24) is 0 Å². The van der Waals surface area contributed by atoms with Gasteiger partial charge < -0.3 is 0 Å². The monoisotopic (exact) mass is 264 g/mol. The molecule has 4 heteroatoms. The quantitative estimate of drug-likeness (QED) is 0.721. The molecule has 0 aliphatic rings. The maximum Gasteiger partial charge on any atom is 0.169 e. The van der Waals surface area contributed by atoms with E-state index in [-0.39, 0.29) is 5.92 Å². The first kappa shape index (κ1) is 9.94. The molecule has 0 aliphatic carbocycles. The van der Waals surface area contributed by atoms with Gasteiger partial charge in [-0.05, 0) is 0 Å². The highest BCUT2D eigenvalue weighted by atomic mass is 79.9. The molecule has 0 aliphatic heterocycles. The maximum atomic E-state index is 8.54. The Morgan fingerprint density at radius 1 is 1.50 bits per heavy atom. The van der Waals surface area contributed by atoms with Crippen molar-refractivity contribution in [3.8, 4) is 12.1 Å². The van der Waals surface area contributed by atoms with Gasteiger partial charge >= 0.3 is 0 Å². The number of nitrogens with zero attached hydrogens (tertiary/aromatic N) is 2. The molecule has 0 spiro atoms. The Kier molecular flexibility index (Phi) is 3.93. The second kappa shape index (κ2) is 3.95. The molecule has 0 saturated heterocycles. The summed E-state index contributed by atoms with van der Waals surface area (Å²) in [6.07, 6.45) is 0.365. The van der Waals surface area contributed by atoms with Crippen LogP contribution in [0.4, 0.5) is 0 Å². The maximum absolute atomic E-state index is 8.54. The van der Waals surface area contributed by atoms with E-state index in [1.807, 2.05) is 19.1 Å². The molecule has 0 bridgehead atoms. The number of halogens is 2. The third-order valence-corrected chi connectivity index (χ3v) is 3.08. The van der Waals surface area contributed by atoms with Crippen LogP contribution < -0.4 is 0 Å². The summed E-state index contributed by atoms with van der Waals surface area (Å²) in [6.45, 7) is 1.83. The fourth-order valence-electron chi connectivity index (χ4n) is 0.375. The van der Waals surface area contributed by atoms with Crippen LogP contribution in [-0.2, 0) is 0 Å². The Labute approximate surface area is 77.1 Å². The van der Waals surface area contributed by atoms with E-state index in [1.54, 1.807) is 0 Å². The molecule has 54 valence electrons. The van der Waals surface area contributed by atoms with Gasteiger partial charge in [0.25, 0.3) is 0 Å². The van der Waals surface area contributed by atoms with Gasteiger partial charge in [-0.3, -0.25) is 0 Å². The lowest BCUT2D eigenvalue weighted by Gasteiger charge is -2.16. The van der Waals surface area contributed by atoms with Crippen LogP contribution in [0.25, 0.3) is 0 Å². The van der Waals surface area contributed by atoms with Gasteiger partial charge in [-0.1, -0.05) is 38.8 Å². The van der Waals surface area contributed by atoms with Gasteiger partial charge in [-0.15, -0.1) is 0 Å². The largest absolute Gasteiger partial charge is 0.198 e. The van der Waals surface area contributed by atoms with Gasteiger partial charge in [0.05, 0.1) is 12.1 Å². The lowest BCUT2D eigenvalue weighted by Crippen LogP contribution is -2.18. The third kappa shape index (κ3) is 2.68. The molecule has 0 fully saturated rings. The fraction of sp³-hybridized carbons (Fsp3) is 0.667. The minimum absolute atomic E-state index is 0.0116. The van der Waals surface area contributed by atoms with Crippen LogP contribution in [0.5, 0.6) is 0 Å². The van der Waals surface area contributed by atoms with Crippen LogP contribution in [-0.4, -0.2) is 3.23 Å². The average Bonchev–Trinajstić information content (AvgIpc) is 1.89. The average molecular weight is 266 g/mol. The first-order chi connectivity index (χ1) is 4.54. The zero-order valence-electron chi connectivity index (χ0n) is 5.43. The normalized spacial score (nSPS) is 13.3. The summed E-state index contributed by atoms with van der Waals surface area (Å²) >= 11 is 6.30. The van der Waals surface area contributed by atoms with E-state index in [1.165, 1.54) is 0 Å². The smallest absolute Gasteiger partial charge is 0.169 e. The predicted octanol–water partition coefficient (Wildman–Crippen LogP) is 2.55. The molecule has 0 aromatic heterocycles. The number of hydrogen-bond donors (Lipinski definition) is 0. The molecule has 0 N–H and O–H groups in total. The van der Waals surface area contributed by atoms with Crippen LogP contribution in [0.15, 0.2) is 0 Å². The van der Waals surface area contributed by atoms with Crippen LogP contribution in [0.3, 0.4) is 0 Å². The zero-order chi connectivity index (χ0) is 8.20. The molecule has 1 atom stereocenters.